The third-order valence-corrected chi connectivity index (χ3v) is 2.42. The van der Waals surface area contributed by atoms with Gasteiger partial charge in [-0.05, 0) is 24.6 Å². The lowest BCUT2D eigenvalue weighted by molar-refractivity contribution is 0.0944. The zero-order valence-electron chi connectivity index (χ0n) is 10.2. The van der Waals surface area contributed by atoms with Gasteiger partial charge >= 0.3 is 0 Å². The Labute approximate surface area is 102 Å². The van der Waals surface area contributed by atoms with Gasteiger partial charge in [-0.1, -0.05) is 25.3 Å². The van der Waals surface area contributed by atoms with E-state index in [1.165, 1.54) is 0 Å². The van der Waals surface area contributed by atoms with Crippen LogP contribution in [0.25, 0.3) is 0 Å². The smallest absolute Gasteiger partial charge is 0.252 e. The van der Waals surface area contributed by atoms with Crippen LogP contribution < -0.4 is 10.1 Å². The maximum absolute atomic E-state index is 11.9. The van der Waals surface area contributed by atoms with Crippen molar-refractivity contribution >= 4 is 5.91 Å². The number of carbonyl (C=O) groups is 1. The molecule has 17 heavy (non-hydrogen) atoms. The molecule has 1 unspecified atom stereocenters. The highest BCUT2D eigenvalue weighted by atomic mass is 16.5. The number of carbonyl (C=O) groups excluding carboxylic acids is 1. The normalized spacial score (nSPS) is 11.4. The minimum absolute atomic E-state index is 0.166. The first-order chi connectivity index (χ1) is 8.21. The molecule has 1 atom stereocenters. The van der Waals surface area contributed by atoms with Crippen molar-refractivity contribution < 1.29 is 9.53 Å². The van der Waals surface area contributed by atoms with E-state index in [0.717, 1.165) is 12.8 Å². The van der Waals surface area contributed by atoms with E-state index < -0.39 is 0 Å². The predicted octanol–water partition coefficient (Wildman–Crippen LogP) is 2.23. The van der Waals surface area contributed by atoms with Crippen LogP contribution in [0.15, 0.2) is 24.3 Å². The molecule has 0 saturated carbocycles. The van der Waals surface area contributed by atoms with Crippen LogP contribution >= 0.6 is 0 Å². The SMILES string of the molecule is C#CC(CCC)NC(=O)c1cccc(OC)c1. The van der Waals surface area contributed by atoms with Crippen molar-refractivity contribution in [3.8, 4) is 18.1 Å². The quantitative estimate of drug-likeness (QED) is 0.789. The fourth-order valence-electron chi connectivity index (χ4n) is 1.49. The maximum Gasteiger partial charge on any atom is 0.252 e. The van der Waals surface area contributed by atoms with Crippen LogP contribution in [-0.4, -0.2) is 19.1 Å². The van der Waals surface area contributed by atoms with E-state index >= 15 is 0 Å². The summed E-state index contributed by atoms with van der Waals surface area (Å²) in [5, 5.41) is 2.80. The summed E-state index contributed by atoms with van der Waals surface area (Å²) < 4.78 is 5.06. The minimum Gasteiger partial charge on any atom is -0.497 e. The van der Waals surface area contributed by atoms with Gasteiger partial charge in [0.2, 0.25) is 0 Å². The number of hydrogen-bond acceptors (Lipinski definition) is 2. The van der Waals surface area contributed by atoms with Crippen LogP contribution in [0.2, 0.25) is 0 Å². The van der Waals surface area contributed by atoms with Crippen molar-refractivity contribution in [2.45, 2.75) is 25.8 Å². The standard InChI is InChI=1S/C14H17NO2/c1-4-7-12(5-2)15-14(16)11-8-6-9-13(10-11)17-3/h2,6,8-10,12H,4,7H2,1,3H3,(H,15,16). The minimum atomic E-state index is -0.210. The monoisotopic (exact) mass is 231 g/mol. The van der Waals surface area contributed by atoms with E-state index in [9.17, 15) is 4.79 Å². The third-order valence-electron chi connectivity index (χ3n) is 2.42. The molecule has 3 heteroatoms. The van der Waals surface area contributed by atoms with Gasteiger partial charge in [-0.2, -0.15) is 0 Å². The molecule has 0 saturated heterocycles. The van der Waals surface area contributed by atoms with E-state index in [-0.39, 0.29) is 11.9 Å². The molecule has 90 valence electrons. The van der Waals surface area contributed by atoms with Gasteiger partial charge in [0.25, 0.3) is 5.91 Å². The van der Waals surface area contributed by atoms with Gasteiger partial charge in [-0.15, -0.1) is 6.42 Å². The van der Waals surface area contributed by atoms with Gasteiger partial charge in [0, 0.05) is 5.56 Å². The first-order valence-corrected chi connectivity index (χ1v) is 5.62. The lowest BCUT2D eigenvalue weighted by Crippen LogP contribution is -2.33. The van der Waals surface area contributed by atoms with Crippen molar-refractivity contribution in [2.24, 2.45) is 0 Å². The first-order valence-electron chi connectivity index (χ1n) is 5.62. The van der Waals surface area contributed by atoms with Gasteiger partial charge in [0.15, 0.2) is 0 Å². The third kappa shape index (κ3) is 3.84. The average Bonchev–Trinajstić information content (AvgIpc) is 2.38. The molecule has 0 radical (unpaired) electrons. The molecule has 0 heterocycles. The molecule has 1 aromatic rings. The van der Waals surface area contributed by atoms with E-state index in [1.807, 2.05) is 6.92 Å². The Kier molecular flexibility index (Phi) is 5.09. The number of methoxy groups -OCH3 is 1. The molecule has 0 spiro atoms. The van der Waals surface area contributed by atoms with Gasteiger partial charge in [-0.3, -0.25) is 4.79 Å². The summed E-state index contributed by atoms with van der Waals surface area (Å²) in [5.41, 5.74) is 0.556. The molecule has 1 rings (SSSR count). The highest BCUT2D eigenvalue weighted by Gasteiger charge is 2.11. The Morgan fingerprint density at radius 1 is 1.59 bits per heavy atom. The van der Waals surface area contributed by atoms with Crippen LogP contribution in [0, 0.1) is 12.3 Å². The largest absolute Gasteiger partial charge is 0.497 e. The van der Waals surface area contributed by atoms with Gasteiger partial charge in [0.1, 0.15) is 5.75 Å². The van der Waals surface area contributed by atoms with Crippen molar-refractivity contribution in [2.75, 3.05) is 7.11 Å². The van der Waals surface area contributed by atoms with Crippen molar-refractivity contribution in [3.05, 3.63) is 29.8 Å². The summed E-state index contributed by atoms with van der Waals surface area (Å²) in [7, 11) is 1.57. The van der Waals surface area contributed by atoms with E-state index in [2.05, 4.69) is 11.2 Å². The summed E-state index contributed by atoms with van der Waals surface area (Å²) >= 11 is 0. The van der Waals surface area contributed by atoms with Crippen molar-refractivity contribution in [1.29, 1.82) is 0 Å². The topological polar surface area (TPSA) is 38.3 Å². The number of nitrogens with one attached hydrogen (secondary N) is 1. The van der Waals surface area contributed by atoms with Crippen LogP contribution in [0.3, 0.4) is 0 Å². The Morgan fingerprint density at radius 2 is 2.35 bits per heavy atom. The Bertz CT molecular complexity index is 420. The number of ether oxygens (including phenoxy) is 1. The van der Waals surface area contributed by atoms with Crippen molar-refractivity contribution in [3.63, 3.8) is 0 Å². The number of rotatable bonds is 5. The Balaban J connectivity index is 2.72. The molecule has 1 amide bonds. The molecule has 0 aliphatic rings. The Morgan fingerprint density at radius 3 is 2.94 bits per heavy atom. The van der Waals surface area contributed by atoms with Crippen LogP contribution in [-0.2, 0) is 0 Å². The molecule has 0 aliphatic heterocycles. The number of benzene rings is 1. The summed E-state index contributed by atoms with van der Waals surface area (Å²) in [6.07, 6.45) is 7.07. The zero-order valence-corrected chi connectivity index (χ0v) is 10.2. The van der Waals surface area contributed by atoms with Gasteiger partial charge in [0.05, 0.1) is 13.2 Å². The molecular formula is C14H17NO2. The highest BCUT2D eigenvalue weighted by Crippen LogP contribution is 2.12. The summed E-state index contributed by atoms with van der Waals surface area (Å²) in [6, 6.07) is 6.78. The molecule has 1 N–H and O–H groups in total. The molecule has 0 aliphatic carbocycles. The second-order valence-corrected chi connectivity index (χ2v) is 3.71. The number of amides is 1. The number of hydrogen-bond donors (Lipinski definition) is 1. The fraction of sp³-hybridized carbons (Fsp3) is 0.357. The summed E-state index contributed by atoms with van der Waals surface area (Å²) in [6.45, 7) is 2.03. The fourth-order valence-corrected chi connectivity index (χ4v) is 1.49. The van der Waals surface area contributed by atoms with E-state index in [1.54, 1.807) is 31.4 Å². The van der Waals surface area contributed by atoms with Gasteiger partial charge in [-0.25, -0.2) is 0 Å². The molecular weight excluding hydrogens is 214 g/mol. The molecule has 0 fully saturated rings. The average molecular weight is 231 g/mol. The Hall–Kier alpha value is -1.95. The first kappa shape index (κ1) is 13.1. The van der Waals surface area contributed by atoms with E-state index in [4.69, 9.17) is 11.2 Å². The second-order valence-electron chi connectivity index (χ2n) is 3.71. The molecule has 1 aromatic carbocycles. The second kappa shape index (κ2) is 6.59. The zero-order chi connectivity index (χ0) is 12.7. The van der Waals surface area contributed by atoms with Gasteiger partial charge < -0.3 is 10.1 Å². The molecule has 0 aromatic heterocycles. The van der Waals surface area contributed by atoms with Crippen LogP contribution in [0.4, 0.5) is 0 Å². The maximum atomic E-state index is 11.9. The summed E-state index contributed by atoms with van der Waals surface area (Å²) in [5.74, 6) is 3.06. The summed E-state index contributed by atoms with van der Waals surface area (Å²) in [4.78, 5) is 11.9. The van der Waals surface area contributed by atoms with E-state index in [0.29, 0.717) is 11.3 Å². The van der Waals surface area contributed by atoms with Crippen molar-refractivity contribution in [1.82, 2.24) is 5.32 Å². The van der Waals surface area contributed by atoms with Crippen LogP contribution in [0.5, 0.6) is 5.75 Å². The van der Waals surface area contributed by atoms with Crippen LogP contribution in [0.1, 0.15) is 30.1 Å². The lowest BCUT2D eigenvalue weighted by Gasteiger charge is -2.12. The predicted molar refractivity (Wildman–Crippen MR) is 68.0 cm³/mol. The highest BCUT2D eigenvalue weighted by molar-refractivity contribution is 5.94. The number of terminal acetylenes is 1. The molecule has 0 bridgehead atoms. The lowest BCUT2D eigenvalue weighted by atomic mass is 10.1. The molecule has 3 nitrogen and oxygen atoms in total.